The summed E-state index contributed by atoms with van der Waals surface area (Å²) in [4.78, 5) is 63.0. The van der Waals surface area contributed by atoms with Gasteiger partial charge in [0.15, 0.2) is 5.60 Å². The van der Waals surface area contributed by atoms with Gasteiger partial charge in [0.1, 0.15) is 13.0 Å². The van der Waals surface area contributed by atoms with Crippen LogP contribution in [0.1, 0.15) is 50.5 Å². The summed E-state index contributed by atoms with van der Waals surface area (Å²) in [5.74, 6) is -5.57. The number of amides is 2. The highest BCUT2D eigenvalue weighted by atomic mass is 16.7. The van der Waals surface area contributed by atoms with Crippen molar-refractivity contribution in [3.63, 3.8) is 0 Å². The number of hydrogen-bond acceptors (Lipinski definition) is 9. The molecule has 2 unspecified atom stereocenters. The maximum absolute atomic E-state index is 13.0. The molecular weight excluding hydrogens is 513 g/mol. The molecule has 3 aliphatic heterocycles. The van der Waals surface area contributed by atoms with Crippen LogP contribution in [0.2, 0.25) is 0 Å². The number of carbonyl (C=O) groups is 5. The molecule has 39 heavy (non-hydrogen) atoms. The van der Waals surface area contributed by atoms with Crippen molar-refractivity contribution in [2.45, 2.75) is 74.5 Å². The second kappa shape index (κ2) is 11.3. The third kappa shape index (κ3) is 5.98. The maximum atomic E-state index is 13.0. The number of hydrogen-bond donors (Lipinski definition) is 3. The van der Waals surface area contributed by atoms with Gasteiger partial charge in [-0.2, -0.15) is 5.26 Å². The van der Waals surface area contributed by atoms with Crippen molar-refractivity contribution >= 4 is 37.0 Å². The zero-order chi connectivity index (χ0) is 28.2. The summed E-state index contributed by atoms with van der Waals surface area (Å²) in [6.45, 7) is -0.117. The molecule has 2 atom stereocenters. The van der Waals surface area contributed by atoms with Crippen molar-refractivity contribution in [2.24, 2.45) is 0 Å². The third-order valence-corrected chi connectivity index (χ3v) is 7.51. The van der Waals surface area contributed by atoms with E-state index in [2.05, 4.69) is 5.32 Å². The lowest BCUT2D eigenvalue weighted by atomic mass is 9.71. The molecule has 1 aromatic carbocycles. The molecule has 3 fully saturated rings. The molecule has 206 valence electrons. The third-order valence-electron chi connectivity index (χ3n) is 7.51. The van der Waals surface area contributed by atoms with E-state index in [4.69, 9.17) is 19.3 Å². The summed E-state index contributed by atoms with van der Waals surface area (Å²) in [6, 6.07) is 10.6. The number of nitrogens with one attached hydrogen (secondary N) is 1. The number of ether oxygens (including phenoxy) is 1. The SMILES string of the molecule is N#CCC(=O)N1C2CCC1(COC(=O)NC(Cc1ccccc1)B1OC(=O)CC(CC(=O)O)(C(=O)O)O1)CC2. The minimum Gasteiger partial charge on any atom is -0.508 e. The first-order valence-electron chi connectivity index (χ1n) is 12.6. The Labute approximate surface area is 224 Å². The van der Waals surface area contributed by atoms with Crippen LogP contribution >= 0.6 is 0 Å². The molecule has 0 aliphatic carbocycles. The van der Waals surface area contributed by atoms with Crippen LogP contribution in [0.5, 0.6) is 0 Å². The zero-order valence-corrected chi connectivity index (χ0v) is 21.0. The number of rotatable bonds is 10. The summed E-state index contributed by atoms with van der Waals surface area (Å²) in [5, 5.41) is 30.5. The molecule has 13 nitrogen and oxygen atoms in total. The number of carboxylic acid groups (broad SMARTS) is 2. The minimum atomic E-state index is -2.38. The molecule has 0 spiro atoms. The predicted molar refractivity (Wildman–Crippen MR) is 131 cm³/mol. The summed E-state index contributed by atoms with van der Waals surface area (Å²) < 4.78 is 16.3. The van der Waals surface area contributed by atoms with E-state index in [1.54, 1.807) is 35.2 Å². The Kier molecular flexibility index (Phi) is 8.10. The van der Waals surface area contributed by atoms with Gasteiger partial charge in [-0.25, -0.2) is 9.59 Å². The monoisotopic (exact) mass is 541 g/mol. The van der Waals surface area contributed by atoms with Crippen LogP contribution in [0.4, 0.5) is 4.79 Å². The van der Waals surface area contributed by atoms with Gasteiger partial charge < -0.3 is 34.5 Å². The number of carboxylic acids is 2. The Morgan fingerprint density at radius 3 is 2.51 bits per heavy atom. The fraction of sp³-hybridized carbons (Fsp3) is 0.520. The second-order valence-electron chi connectivity index (χ2n) is 10.1. The molecule has 3 heterocycles. The number of fused-ring (bicyclic) bond motifs is 2. The highest BCUT2D eigenvalue weighted by Gasteiger charge is 2.56. The molecule has 2 amide bonds. The van der Waals surface area contributed by atoms with E-state index < -0.39 is 61.0 Å². The zero-order valence-electron chi connectivity index (χ0n) is 21.0. The molecule has 1 aromatic rings. The lowest BCUT2D eigenvalue weighted by Gasteiger charge is -2.37. The first kappa shape index (κ1) is 27.9. The lowest BCUT2D eigenvalue weighted by Crippen LogP contribution is -2.61. The van der Waals surface area contributed by atoms with Gasteiger partial charge in [0.25, 0.3) is 5.97 Å². The lowest BCUT2D eigenvalue weighted by molar-refractivity contribution is -0.175. The van der Waals surface area contributed by atoms with Crippen molar-refractivity contribution in [2.75, 3.05) is 6.61 Å². The molecule has 0 radical (unpaired) electrons. The standard InChI is InChI=1S/C25H28BN3O10/c27-11-8-19(30)29-17-6-9-24(29,10-7-17)15-37-23(36)28-18(12-16-4-2-1-3-5-16)26-38-21(33)14-25(39-26,22(34)35)13-20(31)32/h1-5,17-18H,6-10,12-15H2,(H,28,36)(H,31,32)(H,34,35). The molecule has 2 bridgehead atoms. The normalized spacial score (nSPS) is 26.3. The van der Waals surface area contributed by atoms with Crippen molar-refractivity contribution < 1.29 is 48.2 Å². The quantitative estimate of drug-likeness (QED) is 0.359. The van der Waals surface area contributed by atoms with Crippen LogP contribution in [-0.2, 0) is 39.6 Å². The van der Waals surface area contributed by atoms with E-state index in [1.807, 2.05) is 6.07 Å². The van der Waals surface area contributed by atoms with E-state index in [1.165, 1.54) is 0 Å². The fourth-order valence-electron chi connectivity index (χ4n) is 5.74. The number of alkyl carbamates (subject to hydrolysis) is 1. The molecule has 14 heteroatoms. The van der Waals surface area contributed by atoms with Crippen LogP contribution in [0.3, 0.4) is 0 Å². The van der Waals surface area contributed by atoms with E-state index in [0.29, 0.717) is 18.4 Å². The smallest absolute Gasteiger partial charge is 0.508 e. The Hall–Kier alpha value is -4.12. The van der Waals surface area contributed by atoms with Gasteiger partial charge in [-0.1, -0.05) is 30.3 Å². The van der Waals surface area contributed by atoms with Crippen LogP contribution < -0.4 is 5.32 Å². The number of benzene rings is 1. The Morgan fingerprint density at radius 2 is 1.90 bits per heavy atom. The van der Waals surface area contributed by atoms with Crippen LogP contribution in [0.25, 0.3) is 0 Å². The van der Waals surface area contributed by atoms with Crippen LogP contribution in [-0.4, -0.2) is 81.9 Å². The molecule has 3 saturated heterocycles. The molecule has 0 aromatic heterocycles. The van der Waals surface area contributed by atoms with E-state index >= 15 is 0 Å². The van der Waals surface area contributed by atoms with Crippen molar-refractivity contribution in [3.05, 3.63) is 35.9 Å². The van der Waals surface area contributed by atoms with Gasteiger partial charge in [0.05, 0.1) is 30.4 Å². The van der Waals surface area contributed by atoms with Gasteiger partial charge >= 0.3 is 25.2 Å². The average molecular weight is 541 g/mol. The maximum Gasteiger partial charge on any atom is 0.552 e. The van der Waals surface area contributed by atoms with Crippen molar-refractivity contribution in [3.8, 4) is 6.07 Å². The molecule has 0 saturated carbocycles. The van der Waals surface area contributed by atoms with Crippen LogP contribution in [0.15, 0.2) is 30.3 Å². The van der Waals surface area contributed by atoms with Crippen LogP contribution in [0, 0.1) is 11.3 Å². The van der Waals surface area contributed by atoms with Gasteiger partial charge in [-0.15, -0.1) is 0 Å². The molecule has 4 rings (SSSR count). The average Bonchev–Trinajstić information content (AvgIpc) is 3.43. The summed E-state index contributed by atoms with van der Waals surface area (Å²) in [5.41, 5.74) is -2.40. The van der Waals surface area contributed by atoms with Gasteiger partial charge in [-0.05, 0) is 37.7 Å². The summed E-state index contributed by atoms with van der Waals surface area (Å²) in [7, 11) is -1.62. The molecular formula is C25H28BN3O10. The number of nitriles is 1. The highest BCUT2D eigenvalue weighted by Crippen LogP contribution is 2.47. The molecule has 3 N–H and O–H groups in total. The van der Waals surface area contributed by atoms with Gasteiger partial charge in [-0.3, -0.25) is 14.4 Å². The Bertz CT molecular complexity index is 1180. The number of nitrogens with zero attached hydrogens (tertiary/aromatic N) is 2. The Balaban J connectivity index is 1.51. The van der Waals surface area contributed by atoms with Gasteiger partial charge in [0.2, 0.25) is 5.91 Å². The first-order valence-corrected chi connectivity index (χ1v) is 12.6. The van der Waals surface area contributed by atoms with E-state index in [0.717, 1.165) is 12.8 Å². The molecule has 3 aliphatic rings. The van der Waals surface area contributed by atoms with E-state index in [9.17, 15) is 34.2 Å². The largest absolute Gasteiger partial charge is 0.552 e. The number of carbonyl (C=O) groups excluding carboxylic acids is 3. The minimum absolute atomic E-state index is 0.00299. The van der Waals surface area contributed by atoms with Crippen molar-refractivity contribution in [1.29, 1.82) is 5.26 Å². The van der Waals surface area contributed by atoms with E-state index in [-0.39, 0.29) is 31.4 Å². The predicted octanol–water partition coefficient (Wildman–Crippen LogP) is 1.05. The highest BCUT2D eigenvalue weighted by molar-refractivity contribution is 6.50. The van der Waals surface area contributed by atoms with Gasteiger partial charge in [0, 0.05) is 6.04 Å². The topological polar surface area (TPSA) is 193 Å². The second-order valence-corrected chi connectivity index (χ2v) is 10.1. The fourth-order valence-corrected chi connectivity index (χ4v) is 5.74. The van der Waals surface area contributed by atoms with Crippen molar-refractivity contribution in [1.82, 2.24) is 10.2 Å². The Morgan fingerprint density at radius 1 is 1.21 bits per heavy atom. The summed E-state index contributed by atoms with van der Waals surface area (Å²) >= 11 is 0. The first-order chi connectivity index (χ1) is 18.6. The summed E-state index contributed by atoms with van der Waals surface area (Å²) in [6.07, 6.45) is -0.234. The number of aliphatic carboxylic acids is 2.